The van der Waals surface area contributed by atoms with Crippen LogP contribution >= 0.6 is 0 Å². The molecule has 0 radical (unpaired) electrons. The van der Waals surface area contributed by atoms with Gasteiger partial charge in [0, 0.05) is 43.7 Å². The fourth-order valence-electron chi connectivity index (χ4n) is 4.88. The summed E-state index contributed by atoms with van der Waals surface area (Å²) >= 11 is 0. The molecule has 2 saturated heterocycles. The van der Waals surface area contributed by atoms with Gasteiger partial charge in [-0.1, -0.05) is 12.8 Å². The van der Waals surface area contributed by atoms with Crippen molar-refractivity contribution < 1.29 is 19.1 Å². The van der Waals surface area contributed by atoms with Crippen LogP contribution in [0, 0.1) is 17.2 Å². The molecule has 2 aliphatic heterocycles. The fourth-order valence-corrected chi connectivity index (χ4v) is 4.88. The third-order valence-corrected chi connectivity index (χ3v) is 6.28. The lowest BCUT2D eigenvalue weighted by atomic mass is 9.81. The number of halogens is 1. The summed E-state index contributed by atoms with van der Waals surface area (Å²) in [7, 11) is 0. The van der Waals surface area contributed by atoms with E-state index in [0.717, 1.165) is 19.4 Å². The predicted octanol–water partition coefficient (Wildman–Crippen LogP) is 2.23. The molecule has 25 heavy (non-hydrogen) atoms. The number of carbonyl (C=O) groups is 2. The molecule has 4 rings (SSSR count). The van der Waals surface area contributed by atoms with Crippen molar-refractivity contribution in [1.29, 1.82) is 0 Å². The summed E-state index contributed by atoms with van der Waals surface area (Å²) in [6, 6.07) is 5.95. The Hall–Kier alpha value is -1.95. The minimum atomic E-state index is -0.863. The fraction of sp³-hybridized carbons (Fsp3) is 0.579. The van der Waals surface area contributed by atoms with E-state index in [1.54, 1.807) is 4.90 Å². The molecule has 5 nitrogen and oxygen atoms in total. The standard InChI is InChI=1S/C19H23FN2O3/c20-15-7-5-13(6-8-15)17(23)22-10-14-9-21(16-3-1-2-4-16)11-19(14,12-22)18(24)25/h5-8,14,16H,1-4,9-12H2,(H,24,25)/t14?,19-/m0/s1. The maximum absolute atomic E-state index is 13.1. The number of fused-ring (bicyclic) bond motifs is 1. The zero-order valence-corrected chi connectivity index (χ0v) is 14.2. The van der Waals surface area contributed by atoms with Gasteiger partial charge >= 0.3 is 5.97 Å². The van der Waals surface area contributed by atoms with Crippen LogP contribution in [0.1, 0.15) is 36.0 Å². The number of likely N-dealkylation sites (tertiary alicyclic amines) is 2. The van der Waals surface area contributed by atoms with Crippen molar-refractivity contribution in [3.8, 4) is 0 Å². The second-order valence-electron chi connectivity index (χ2n) is 7.72. The minimum absolute atomic E-state index is 0.0324. The van der Waals surface area contributed by atoms with Crippen molar-refractivity contribution >= 4 is 11.9 Å². The Bertz CT molecular complexity index is 686. The third-order valence-electron chi connectivity index (χ3n) is 6.28. The van der Waals surface area contributed by atoms with Gasteiger partial charge in [-0.15, -0.1) is 0 Å². The maximum atomic E-state index is 13.1. The molecular weight excluding hydrogens is 323 g/mol. The van der Waals surface area contributed by atoms with E-state index in [9.17, 15) is 19.1 Å². The van der Waals surface area contributed by atoms with Crippen LogP contribution in [-0.2, 0) is 4.79 Å². The molecule has 1 aromatic rings. The molecule has 1 N–H and O–H groups in total. The average Bonchev–Trinajstić information content (AvgIpc) is 3.28. The average molecular weight is 346 g/mol. The van der Waals surface area contributed by atoms with Gasteiger partial charge in [-0.3, -0.25) is 14.5 Å². The van der Waals surface area contributed by atoms with Gasteiger partial charge in [-0.05, 0) is 37.1 Å². The topological polar surface area (TPSA) is 60.9 Å². The lowest BCUT2D eigenvalue weighted by molar-refractivity contribution is -0.148. The van der Waals surface area contributed by atoms with Gasteiger partial charge in [0.05, 0.1) is 0 Å². The molecule has 3 fully saturated rings. The summed E-state index contributed by atoms with van der Waals surface area (Å²) < 4.78 is 13.1. The van der Waals surface area contributed by atoms with Gasteiger partial charge in [0.2, 0.25) is 0 Å². The van der Waals surface area contributed by atoms with Crippen molar-refractivity contribution in [1.82, 2.24) is 9.80 Å². The van der Waals surface area contributed by atoms with Crippen LogP contribution in [0.3, 0.4) is 0 Å². The number of carbonyl (C=O) groups excluding carboxylic acids is 1. The van der Waals surface area contributed by atoms with Crippen LogP contribution in [0.15, 0.2) is 24.3 Å². The summed E-state index contributed by atoms with van der Waals surface area (Å²) in [5.41, 5.74) is -0.451. The zero-order chi connectivity index (χ0) is 17.6. The van der Waals surface area contributed by atoms with E-state index >= 15 is 0 Å². The molecule has 1 amide bonds. The summed E-state index contributed by atoms with van der Waals surface area (Å²) in [6.07, 6.45) is 4.75. The Labute approximate surface area is 146 Å². The number of aliphatic carboxylic acids is 1. The SMILES string of the molecule is O=C(c1ccc(F)cc1)N1CC2CN(C3CCCC3)C[C@]2(C(=O)O)C1. The first-order valence-electron chi connectivity index (χ1n) is 9.02. The molecule has 1 unspecified atom stereocenters. The largest absolute Gasteiger partial charge is 0.481 e. The Morgan fingerprint density at radius 2 is 1.76 bits per heavy atom. The van der Waals surface area contributed by atoms with Crippen LogP contribution < -0.4 is 0 Å². The number of amides is 1. The molecule has 1 aromatic carbocycles. The second-order valence-corrected chi connectivity index (χ2v) is 7.72. The molecule has 1 aliphatic carbocycles. The Morgan fingerprint density at radius 3 is 2.36 bits per heavy atom. The van der Waals surface area contributed by atoms with E-state index in [1.165, 1.54) is 37.1 Å². The molecule has 0 aromatic heterocycles. The lowest BCUT2D eigenvalue weighted by Gasteiger charge is -2.28. The molecular formula is C19H23FN2O3. The van der Waals surface area contributed by atoms with E-state index in [2.05, 4.69) is 4.90 Å². The number of rotatable bonds is 3. The number of hydrogen-bond acceptors (Lipinski definition) is 3. The molecule has 1 saturated carbocycles. The number of hydrogen-bond donors (Lipinski definition) is 1. The Morgan fingerprint density at radius 1 is 1.08 bits per heavy atom. The highest BCUT2D eigenvalue weighted by Crippen LogP contribution is 2.45. The molecule has 6 heteroatoms. The van der Waals surface area contributed by atoms with Crippen LogP contribution in [0.25, 0.3) is 0 Å². The van der Waals surface area contributed by atoms with Gasteiger partial charge in [-0.25, -0.2) is 4.39 Å². The van der Waals surface area contributed by atoms with Crippen LogP contribution in [0.5, 0.6) is 0 Å². The van der Waals surface area contributed by atoms with Crippen molar-refractivity contribution in [2.24, 2.45) is 11.3 Å². The predicted molar refractivity (Wildman–Crippen MR) is 89.7 cm³/mol. The Kier molecular flexibility index (Phi) is 4.02. The van der Waals surface area contributed by atoms with Crippen LogP contribution in [0.4, 0.5) is 4.39 Å². The third kappa shape index (κ3) is 2.72. The zero-order valence-electron chi connectivity index (χ0n) is 14.2. The smallest absolute Gasteiger partial charge is 0.313 e. The van der Waals surface area contributed by atoms with E-state index in [-0.39, 0.29) is 24.2 Å². The molecule has 3 aliphatic rings. The molecule has 0 spiro atoms. The lowest BCUT2D eigenvalue weighted by Crippen LogP contribution is -2.43. The van der Waals surface area contributed by atoms with E-state index in [4.69, 9.17) is 0 Å². The maximum Gasteiger partial charge on any atom is 0.313 e. The normalized spacial score (nSPS) is 30.0. The first kappa shape index (κ1) is 16.5. The number of nitrogens with zero attached hydrogens (tertiary/aromatic N) is 2. The van der Waals surface area contributed by atoms with Crippen molar-refractivity contribution in [3.63, 3.8) is 0 Å². The first-order valence-corrected chi connectivity index (χ1v) is 9.02. The highest BCUT2D eigenvalue weighted by Gasteiger charge is 2.59. The van der Waals surface area contributed by atoms with Gasteiger partial charge in [0.15, 0.2) is 0 Å². The minimum Gasteiger partial charge on any atom is -0.481 e. The highest BCUT2D eigenvalue weighted by atomic mass is 19.1. The van der Waals surface area contributed by atoms with E-state index in [1.807, 2.05) is 0 Å². The van der Waals surface area contributed by atoms with Gasteiger partial charge in [0.1, 0.15) is 11.2 Å². The van der Waals surface area contributed by atoms with Gasteiger partial charge < -0.3 is 10.0 Å². The summed E-state index contributed by atoms with van der Waals surface area (Å²) in [4.78, 5) is 28.8. The molecule has 2 atom stereocenters. The van der Waals surface area contributed by atoms with Crippen molar-refractivity contribution in [2.45, 2.75) is 31.7 Å². The number of benzene rings is 1. The van der Waals surface area contributed by atoms with Gasteiger partial charge in [0.25, 0.3) is 5.91 Å². The summed E-state index contributed by atoms with van der Waals surface area (Å²) in [5.74, 6) is -1.42. The van der Waals surface area contributed by atoms with E-state index < -0.39 is 11.4 Å². The van der Waals surface area contributed by atoms with E-state index in [0.29, 0.717) is 24.7 Å². The molecule has 134 valence electrons. The van der Waals surface area contributed by atoms with Crippen molar-refractivity contribution in [2.75, 3.05) is 26.2 Å². The summed E-state index contributed by atoms with van der Waals surface area (Å²) in [5, 5.41) is 9.93. The number of carboxylic acids is 1. The number of carboxylic acid groups (broad SMARTS) is 1. The van der Waals surface area contributed by atoms with Crippen molar-refractivity contribution in [3.05, 3.63) is 35.6 Å². The van der Waals surface area contributed by atoms with Crippen LogP contribution in [0.2, 0.25) is 0 Å². The quantitative estimate of drug-likeness (QED) is 0.912. The monoisotopic (exact) mass is 346 g/mol. The molecule has 0 bridgehead atoms. The first-order chi connectivity index (χ1) is 12.0. The molecule has 2 heterocycles. The summed E-state index contributed by atoms with van der Waals surface area (Å²) in [6.45, 7) is 1.99. The Balaban J connectivity index is 1.52. The van der Waals surface area contributed by atoms with Gasteiger partial charge in [-0.2, -0.15) is 0 Å². The highest BCUT2D eigenvalue weighted by molar-refractivity contribution is 5.95. The van der Waals surface area contributed by atoms with Crippen LogP contribution in [-0.4, -0.2) is 59.0 Å². The second kappa shape index (κ2) is 6.09.